The summed E-state index contributed by atoms with van der Waals surface area (Å²) >= 11 is 0. The van der Waals surface area contributed by atoms with Gasteiger partial charge in [0.2, 0.25) is 0 Å². The number of benzene rings is 1. The quantitative estimate of drug-likeness (QED) is 0.687. The van der Waals surface area contributed by atoms with Gasteiger partial charge in [-0.05, 0) is 31.0 Å². The lowest BCUT2D eigenvalue weighted by atomic mass is 10.1. The van der Waals surface area contributed by atoms with Crippen LogP contribution in [0.1, 0.15) is 12.5 Å². The van der Waals surface area contributed by atoms with Crippen molar-refractivity contribution in [3.63, 3.8) is 0 Å². The van der Waals surface area contributed by atoms with Crippen molar-refractivity contribution in [2.45, 2.75) is 19.4 Å². The maximum atomic E-state index is 12.6. The summed E-state index contributed by atoms with van der Waals surface area (Å²) in [5, 5.41) is 0. The molecule has 0 bridgehead atoms. The minimum atomic E-state index is -0.192. The molecule has 1 aromatic carbocycles. The fourth-order valence-electron chi connectivity index (χ4n) is 1.04. The zero-order chi connectivity index (χ0) is 8.27. The van der Waals surface area contributed by atoms with Crippen LogP contribution in [0.2, 0.25) is 0 Å². The summed E-state index contributed by atoms with van der Waals surface area (Å²) in [4.78, 5) is 0. The van der Waals surface area contributed by atoms with Crippen LogP contribution in [0.4, 0.5) is 4.39 Å². The number of hydrogen-bond donors (Lipinski definition) is 1. The van der Waals surface area contributed by atoms with Crippen molar-refractivity contribution in [3.8, 4) is 0 Å². The molecule has 60 valence electrons. The molecule has 2 heteroatoms. The Balaban J connectivity index is 2.71. The van der Waals surface area contributed by atoms with Crippen molar-refractivity contribution in [3.05, 3.63) is 35.6 Å². The average molecular weight is 153 g/mol. The van der Waals surface area contributed by atoms with E-state index in [9.17, 15) is 4.39 Å². The van der Waals surface area contributed by atoms with Gasteiger partial charge in [0.15, 0.2) is 0 Å². The second-order valence-corrected chi connectivity index (χ2v) is 2.81. The van der Waals surface area contributed by atoms with E-state index in [1.807, 2.05) is 13.0 Å². The molecule has 0 fully saturated rings. The molecular formula is C9H12FN. The van der Waals surface area contributed by atoms with Gasteiger partial charge < -0.3 is 5.73 Å². The third-order valence-electron chi connectivity index (χ3n) is 1.45. The highest BCUT2D eigenvalue weighted by atomic mass is 19.1. The van der Waals surface area contributed by atoms with Gasteiger partial charge in [0.05, 0.1) is 0 Å². The van der Waals surface area contributed by atoms with Crippen molar-refractivity contribution in [2.75, 3.05) is 0 Å². The maximum absolute atomic E-state index is 12.6. The van der Waals surface area contributed by atoms with Crippen molar-refractivity contribution >= 4 is 0 Å². The predicted octanol–water partition coefficient (Wildman–Crippen LogP) is 1.72. The van der Waals surface area contributed by atoms with E-state index >= 15 is 0 Å². The lowest BCUT2D eigenvalue weighted by molar-refractivity contribution is 0.623. The van der Waals surface area contributed by atoms with Crippen LogP contribution in [-0.2, 0) is 6.42 Å². The second kappa shape index (κ2) is 3.49. The van der Waals surface area contributed by atoms with E-state index in [0.29, 0.717) is 0 Å². The fraction of sp³-hybridized carbons (Fsp3) is 0.333. The van der Waals surface area contributed by atoms with Crippen LogP contribution in [0.25, 0.3) is 0 Å². The van der Waals surface area contributed by atoms with Crippen LogP contribution in [0.15, 0.2) is 24.3 Å². The summed E-state index contributed by atoms with van der Waals surface area (Å²) in [7, 11) is 0. The molecule has 0 amide bonds. The first-order chi connectivity index (χ1) is 5.18. The maximum Gasteiger partial charge on any atom is 0.123 e. The van der Waals surface area contributed by atoms with Gasteiger partial charge in [0.1, 0.15) is 5.82 Å². The number of hydrogen-bond acceptors (Lipinski definition) is 1. The van der Waals surface area contributed by atoms with E-state index in [-0.39, 0.29) is 11.9 Å². The first-order valence-corrected chi connectivity index (χ1v) is 3.68. The molecule has 1 atom stereocenters. The highest BCUT2D eigenvalue weighted by molar-refractivity contribution is 5.17. The molecule has 0 saturated heterocycles. The third-order valence-corrected chi connectivity index (χ3v) is 1.45. The van der Waals surface area contributed by atoms with Crippen molar-refractivity contribution < 1.29 is 4.39 Å². The van der Waals surface area contributed by atoms with E-state index in [2.05, 4.69) is 0 Å². The van der Waals surface area contributed by atoms with Gasteiger partial charge in [-0.15, -0.1) is 0 Å². The summed E-state index contributed by atoms with van der Waals surface area (Å²) in [6, 6.07) is 6.63. The van der Waals surface area contributed by atoms with Gasteiger partial charge >= 0.3 is 0 Å². The Morgan fingerprint density at radius 2 is 2.27 bits per heavy atom. The van der Waals surface area contributed by atoms with Crippen molar-refractivity contribution in [1.82, 2.24) is 0 Å². The van der Waals surface area contributed by atoms with E-state index in [1.165, 1.54) is 12.1 Å². The molecule has 0 heterocycles. The smallest absolute Gasteiger partial charge is 0.123 e. The first-order valence-electron chi connectivity index (χ1n) is 3.68. The fourth-order valence-corrected chi connectivity index (χ4v) is 1.04. The van der Waals surface area contributed by atoms with Gasteiger partial charge in [-0.1, -0.05) is 12.1 Å². The molecule has 0 saturated carbocycles. The number of nitrogens with two attached hydrogens (primary N) is 1. The number of rotatable bonds is 2. The summed E-state index contributed by atoms with van der Waals surface area (Å²) in [5.74, 6) is -0.192. The van der Waals surface area contributed by atoms with Gasteiger partial charge in [-0.3, -0.25) is 0 Å². The molecule has 0 aromatic heterocycles. The average Bonchev–Trinajstić information content (AvgIpc) is 1.85. The Morgan fingerprint density at radius 1 is 1.55 bits per heavy atom. The highest BCUT2D eigenvalue weighted by Gasteiger charge is 1.97. The Kier molecular flexibility index (Phi) is 2.60. The second-order valence-electron chi connectivity index (χ2n) is 2.81. The molecule has 1 aromatic rings. The highest BCUT2D eigenvalue weighted by Crippen LogP contribution is 2.04. The van der Waals surface area contributed by atoms with E-state index in [4.69, 9.17) is 5.73 Å². The first kappa shape index (κ1) is 8.21. The predicted molar refractivity (Wildman–Crippen MR) is 43.8 cm³/mol. The Bertz CT molecular complexity index is 233. The Morgan fingerprint density at radius 3 is 2.82 bits per heavy atom. The third kappa shape index (κ3) is 2.68. The Hall–Kier alpha value is -0.890. The van der Waals surface area contributed by atoms with Gasteiger partial charge in [0, 0.05) is 6.04 Å². The molecular weight excluding hydrogens is 141 g/mol. The lowest BCUT2D eigenvalue weighted by Gasteiger charge is -2.03. The molecule has 0 spiro atoms. The molecule has 1 nitrogen and oxygen atoms in total. The molecule has 0 aliphatic heterocycles. The Labute approximate surface area is 66.0 Å². The molecule has 0 aliphatic carbocycles. The summed E-state index contributed by atoms with van der Waals surface area (Å²) in [6.07, 6.45) is 0.734. The monoisotopic (exact) mass is 153 g/mol. The lowest BCUT2D eigenvalue weighted by Crippen LogP contribution is -2.17. The SMILES string of the molecule is CC(N)Cc1cccc(F)c1. The van der Waals surface area contributed by atoms with Gasteiger partial charge in [-0.2, -0.15) is 0 Å². The standard InChI is InChI=1S/C9H12FN/c1-7(11)5-8-3-2-4-9(10)6-8/h2-4,6-7H,5,11H2,1H3. The molecule has 1 unspecified atom stereocenters. The van der Waals surface area contributed by atoms with Gasteiger partial charge in [0.25, 0.3) is 0 Å². The van der Waals surface area contributed by atoms with Crippen LogP contribution < -0.4 is 5.73 Å². The topological polar surface area (TPSA) is 26.0 Å². The zero-order valence-electron chi connectivity index (χ0n) is 6.55. The van der Waals surface area contributed by atoms with E-state index in [1.54, 1.807) is 6.07 Å². The molecule has 11 heavy (non-hydrogen) atoms. The number of halogens is 1. The normalized spacial score (nSPS) is 13.0. The molecule has 0 aliphatic rings. The van der Waals surface area contributed by atoms with Crippen LogP contribution >= 0.6 is 0 Å². The summed E-state index contributed by atoms with van der Waals surface area (Å²) in [6.45, 7) is 1.91. The van der Waals surface area contributed by atoms with Crippen LogP contribution in [0.3, 0.4) is 0 Å². The van der Waals surface area contributed by atoms with Crippen LogP contribution in [0, 0.1) is 5.82 Å². The van der Waals surface area contributed by atoms with Crippen molar-refractivity contribution in [2.24, 2.45) is 5.73 Å². The van der Waals surface area contributed by atoms with Crippen LogP contribution in [-0.4, -0.2) is 6.04 Å². The largest absolute Gasteiger partial charge is 0.328 e. The molecule has 0 radical (unpaired) electrons. The molecule has 1 rings (SSSR count). The van der Waals surface area contributed by atoms with Gasteiger partial charge in [-0.25, -0.2) is 4.39 Å². The van der Waals surface area contributed by atoms with Crippen LogP contribution in [0.5, 0.6) is 0 Å². The zero-order valence-corrected chi connectivity index (χ0v) is 6.55. The molecule has 2 N–H and O–H groups in total. The van der Waals surface area contributed by atoms with Crippen molar-refractivity contribution in [1.29, 1.82) is 0 Å². The summed E-state index contributed by atoms with van der Waals surface area (Å²) in [5.41, 5.74) is 6.51. The van der Waals surface area contributed by atoms with E-state index < -0.39 is 0 Å². The van der Waals surface area contributed by atoms with E-state index in [0.717, 1.165) is 12.0 Å². The summed E-state index contributed by atoms with van der Waals surface area (Å²) < 4.78 is 12.6. The minimum Gasteiger partial charge on any atom is -0.328 e. The minimum absolute atomic E-state index is 0.0943.